The van der Waals surface area contributed by atoms with Gasteiger partial charge in [0.15, 0.2) is 0 Å². The molecule has 0 atom stereocenters. The molecule has 2 N–H and O–H groups in total. The molecule has 3 rings (SSSR count). The summed E-state index contributed by atoms with van der Waals surface area (Å²) in [5, 5.41) is 16.9. The maximum Gasteiger partial charge on any atom is 0.319 e. The van der Waals surface area contributed by atoms with Gasteiger partial charge in [-0.15, -0.1) is 0 Å². The molecule has 0 aliphatic carbocycles. The number of halogens is 1. The van der Waals surface area contributed by atoms with Gasteiger partial charge in [-0.2, -0.15) is 0 Å². The van der Waals surface area contributed by atoms with Crippen molar-refractivity contribution in [1.29, 1.82) is 0 Å². The van der Waals surface area contributed by atoms with E-state index in [9.17, 15) is 14.9 Å². The number of carbonyl (C=O) groups excluding carboxylic acids is 1. The van der Waals surface area contributed by atoms with E-state index < -0.39 is 4.92 Å². The summed E-state index contributed by atoms with van der Waals surface area (Å²) in [6.07, 6.45) is 0. The normalized spacial score (nSPS) is 14.5. The molecular weight excluding hydrogens is 382 g/mol. The van der Waals surface area contributed by atoms with Gasteiger partial charge in [0.25, 0.3) is 5.69 Å². The number of carbonyl (C=O) groups is 1. The molecule has 1 saturated heterocycles. The number of piperazine rings is 1. The van der Waals surface area contributed by atoms with E-state index in [1.54, 1.807) is 0 Å². The zero-order valence-electron chi connectivity index (χ0n) is 15.3. The van der Waals surface area contributed by atoms with Gasteiger partial charge >= 0.3 is 6.03 Å². The Morgan fingerprint density at radius 2 is 1.82 bits per heavy atom. The van der Waals surface area contributed by atoms with E-state index in [2.05, 4.69) is 26.5 Å². The predicted octanol–water partition coefficient (Wildman–Crippen LogP) is 3.19. The summed E-state index contributed by atoms with van der Waals surface area (Å²) < 4.78 is 0. The largest absolute Gasteiger partial charge is 0.369 e. The Balaban J connectivity index is 1.36. The van der Waals surface area contributed by atoms with Gasteiger partial charge in [0.1, 0.15) is 0 Å². The standard InChI is InChI=1S/C19H22ClN5O3/c20-15-2-1-3-18(14-15)24-12-10-23(11-13-24)9-8-21-19(26)22-16-4-6-17(7-5-16)25(27)28/h1-7,14H,8-13H2,(H2,21,22,26). The number of amides is 2. The molecular formula is C19H22ClN5O3. The first-order valence-electron chi connectivity index (χ1n) is 9.03. The maximum absolute atomic E-state index is 11.9. The fraction of sp³-hybridized carbons (Fsp3) is 0.316. The number of nitro benzene ring substituents is 1. The monoisotopic (exact) mass is 403 g/mol. The molecule has 0 aromatic heterocycles. The van der Waals surface area contributed by atoms with Gasteiger partial charge in [0.2, 0.25) is 0 Å². The fourth-order valence-electron chi connectivity index (χ4n) is 3.07. The molecule has 2 amide bonds. The van der Waals surface area contributed by atoms with E-state index in [4.69, 9.17) is 11.6 Å². The molecule has 8 nitrogen and oxygen atoms in total. The number of urea groups is 1. The van der Waals surface area contributed by atoms with Gasteiger partial charge in [-0.25, -0.2) is 4.79 Å². The summed E-state index contributed by atoms with van der Waals surface area (Å²) in [6.45, 7) is 4.94. The van der Waals surface area contributed by atoms with Gasteiger partial charge in [0, 0.05) is 67.8 Å². The van der Waals surface area contributed by atoms with Crippen molar-refractivity contribution in [3.8, 4) is 0 Å². The van der Waals surface area contributed by atoms with E-state index >= 15 is 0 Å². The Hall–Kier alpha value is -2.84. The van der Waals surface area contributed by atoms with Crippen LogP contribution >= 0.6 is 11.6 Å². The van der Waals surface area contributed by atoms with Crippen molar-refractivity contribution in [2.45, 2.75) is 0 Å². The van der Waals surface area contributed by atoms with Crippen LogP contribution in [-0.4, -0.2) is 55.1 Å². The van der Waals surface area contributed by atoms with E-state index in [0.717, 1.165) is 43.4 Å². The van der Waals surface area contributed by atoms with E-state index in [-0.39, 0.29) is 11.7 Å². The minimum atomic E-state index is -0.476. The van der Waals surface area contributed by atoms with Gasteiger partial charge in [-0.1, -0.05) is 17.7 Å². The molecule has 0 saturated carbocycles. The fourth-order valence-corrected chi connectivity index (χ4v) is 3.26. The lowest BCUT2D eigenvalue weighted by Gasteiger charge is -2.36. The molecule has 1 heterocycles. The predicted molar refractivity (Wildman–Crippen MR) is 110 cm³/mol. The Morgan fingerprint density at radius 1 is 1.11 bits per heavy atom. The minimum absolute atomic E-state index is 0.0112. The first-order valence-corrected chi connectivity index (χ1v) is 9.41. The Bertz CT molecular complexity index is 823. The summed E-state index contributed by atoms with van der Waals surface area (Å²) >= 11 is 6.06. The third-order valence-electron chi connectivity index (χ3n) is 4.60. The van der Waals surface area contributed by atoms with Crippen LogP contribution in [-0.2, 0) is 0 Å². The van der Waals surface area contributed by atoms with Crippen LogP contribution in [0.1, 0.15) is 0 Å². The molecule has 9 heteroatoms. The molecule has 1 fully saturated rings. The molecule has 2 aromatic carbocycles. The van der Waals surface area contributed by atoms with Gasteiger partial charge < -0.3 is 15.5 Å². The number of nitrogens with zero attached hydrogens (tertiary/aromatic N) is 3. The number of benzene rings is 2. The third-order valence-corrected chi connectivity index (χ3v) is 4.83. The molecule has 2 aromatic rings. The topological polar surface area (TPSA) is 90.8 Å². The van der Waals surface area contributed by atoms with E-state index in [0.29, 0.717) is 12.2 Å². The van der Waals surface area contributed by atoms with Crippen molar-refractivity contribution in [3.05, 3.63) is 63.7 Å². The number of hydrogen-bond acceptors (Lipinski definition) is 5. The highest BCUT2D eigenvalue weighted by Crippen LogP contribution is 2.20. The highest BCUT2D eigenvalue weighted by Gasteiger charge is 2.17. The van der Waals surface area contributed by atoms with Crippen LogP contribution < -0.4 is 15.5 Å². The zero-order valence-corrected chi connectivity index (χ0v) is 16.1. The molecule has 28 heavy (non-hydrogen) atoms. The number of nitro groups is 1. The van der Waals surface area contributed by atoms with Crippen molar-refractivity contribution < 1.29 is 9.72 Å². The summed E-state index contributed by atoms with van der Waals surface area (Å²) in [5.41, 5.74) is 1.63. The molecule has 148 valence electrons. The second-order valence-corrected chi connectivity index (χ2v) is 6.93. The number of rotatable bonds is 6. The van der Waals surface area contributed by atoms with Crippen LogP contribution in [0.5, 0.6) is 0 Å². The lowest BCUT2D eigenvalue weighted by molar-refractivity contribution is -0.384. The first kappa shape index (κ1) is 19.9. The number of nitrogens with one attached hydrogen (secondary N) is 2. The molecule has 0 bridgehead atoms. The molecule has 1 aliphatic heterocycles. The first-order chi connectivity index (χ1) is 13.5. The van der Waals surface area contributed by atoms with Crippen LogP contribution in [0.25, 0.3) is 0 Å². The Morgan fingerprint density at radius 3 is 2.46 bits per heavy atom. The van der Waals surface area contributed by atoms with Crippen molar-refractivity contribution in [2.24, 2.45) is 0 Å². The average Bonchev–Trinajstić information content (AvgIpc) is 2.69. The maximum atomic E-state index is 11.9. The van der Waals surface area contributed by atoms with Crippen molar-refractivity contribution >= 4 is 34.7 Å². The summed E-state index contributed by atoms with van der Waals surface area (Å²) in [7, 11) is 0. The van der Waals surface area contributed by atoms with Gasteiger partial charge in [-0.3, -0.25) is 15.0 Å². The van der Waals surface area contributed by atoms with Crippen LogP contribution in [0.4, 0.5) is 21.9 Å². The Kier molecular flexibility index (Phi) is 6.67. The average molecular weight is 404 g/mol. The van der Waals surface area contributed by atoms with Crippen LogP contribution in [0.15, 0.2) is 48.5 Å². The highest BCUT2D eigenvalue weighted by atomic mass is 35.5. The SMILES string of the molecule is O=C(NCCN1CCN(c2cccc(Cl)c2)CC1)Nc1ccc([N+](=O)[O-])cc1. The van der Waals surface area contributed by atoms with Crippen LogP contribution in [0.3, 0.4) is 0 Å². The van der Waals surface area contributed by atoms with Gasteiger partial charge in [0.05, 0.1) is 4.92 Å². The van der Waals surface area contributed by atoms with Gasteiger partial charge in [-0.05, 0) is 30.3 Å². The lowest BCUT2D eigenvalue weighted by Crippen LogP contribution is -2.48. The number of anilines is 2. The minimum Gasteiger partial charge on any atom is -0.369 e. The quantitative estimate of drug-likeness (QED) is 0.571. The van der Waals surface area contributed by atoms with Crippen molar-refractivity contribution in [2.75, 3.05) is 49.5 Å². The Labute approximate surface area is 168 Å². The van der Waals surface area contributed by atoms with E-state index in [1.165, 1.54) is 24.3 Å². The van der Waals surface area contributed by atoms with Crippen LogP contribution in [0, 0.1) is 10.1 Å². The van der Waals surface area contributed by atoms with Crippen LogP contribution in [0.2, 0.25) is 5.02 Å². The molecule has 0 unspecified atom stereocenters. The summed E-state index contributed by atoms with van der Waals surface area (Å²) in [4.78, 5) is 26.7. The number of non-ortho nitro benzene ring substituents is 1. The highest BCUT2D eigenvalue weighted by molar-refractivity contribution is 6.30. The lowest BCUT2D eigenvalue weighted by atomic mass is 10.2. The third kappa shape index (κ3) is 5.58. The van der Waals surface area contributed by atoms with Crippen molar-refractivity contribution in [3.63, 3.8) is 0 Å². The number of hydrogen-bond donors (Lipinski definition) is 2. The zero-order chi connectivity index (χ0) is 19.9. The summed E-state index contributed by atoms with van der Waals surface area (Å²) in [6, 6.07) is 13.3. The van der Waals surface area contributed by atoms with Crippen molar-refractivity contribution in [1.82, 2.24) is 10.2 Å². The van der Waals surface area contributed by atoms with E-state index in [1.807, 2.05) is 18.2 Å². The summed E-state index contributed by atoms with van der Waals surface area (Å²) in [5.74, 6) is 0. The molecule has 0 radical (unpaired) electrons. The second-order valence-electron chi connectivity index (χ2n) is 6.49. The molecule has 1 aliphatic rings. The molecule has 0 spiro atoms. The second kappa shape index (κ2) is 9.38. The smallest absolute Gasteiger partial charge is 0.319 e.